The number of oxime groups is 1. The van der Waals surface area contributed by atoms with Crippen LogP contribution in [0.5, 0.6) is 17.2 Å². The number of methoxy groups -OCH3 is 5. The zero-order valence-corrected chi connectivity index (χ0v) is 21.4. The Morgan fingerprint density at radius 3 is 2.29 bits per heavy atom. The number of hydrogen-bond donors (Lipinski definition) is 0. The third-order valence-corrected chi connectivity index (χ3v) is 8.44. The summed E-state index contributed by atoms with van der Waals surface area (Å²) < 4.78 is 29.5. The topological polar surface area (TPSA) is 84.8 Å². The summed E-state index contributed by atoms with van der Waals surface area (Å²) in [7, 11) is 8.11. The van der Waals surface area contributed by atoms with Crippen LogP contribution in [0.4, 0.5) is 0 Å². The van der Waals surface area contributed by atoms with E-state index in [0.717, 1.165) is 42.4 Å². The molecule has 0 N–H and O–H groups in total. The van der Waals surface area contributed by atoms with Crippen molar-refractivity contribution in [2.45, 2.75) is 44.9 Å². The largest absolute Gasteiger partial charge is 0.496 e. The Morgan fingerprint density at radius 1 is 1.00 bits per heavy atom. The first-order valence-electron chi connectivity index (χ1n) is 12.0. The van der Waals surface area contributed by atoms with Gasteiger partial charge in [-0.2, -0.15) is 0 Å². The fourth-order valence-electron chi connectivity index (χ4n) is 6.55. The van der Waals surface area contributed by atoms with E-state index in [1.807, 2.05) is 12.1 Å². The van der Waals surface area contributed by atoms with Gasteiger partial charge in [-0.05, 0) is 60.3 Å². The van der Waals surface area contributed by atoms with Gasteiger partial charge in [0, 0.05) is 5.56 Å². The fraction of sp³-hybridized carbons (Fsp3) is 0.556. The van der Waals surface area contributed by atoms with Crippen LogP contribution in [0.3, 0.4) is 0 Å². The standard InChI is InChI=1S/C27H33NO7/c1-14-10-17-12-18(28-35-25(29)15-8-9-15)21(31-4)24(34-7)27(17)20-16(13-26(14,27)2)11-19(30-3)22(32-5)23(20)33-6/h11-12,14-15H,8-10,13H2,1-7H3/b28-18+/t14-,26+,27?/m0/s1. The molecule has 1 spiro atoms. The molecule has 1 aromatic carbocycles. The van der Waals surface area contributed by atoms with Crippen molar-refractivity contribution in [3.63, 3.8) is 0 Å². The fourth-order valence-corrected chi connectivity index (χ4v) is 6.55. The second-order valence-electron chi connectivity index (χ2n) is 10.0. The zero-order chi connectivity index (χ0) is 25.1. The number of rotatable bonds is 7. The summed E-state index contributed by atoms with van der Waals surface area (Å²) in [6.45, 7) is 4.55. The van der Waals surface area contributed by atoms with Gasteiger partial charge in [-0.3, -0.25) is 0 Å². The van der Waals surface area contributed by atoms with Gasteiger partial charge in [0.1, 0.15) is 5.71 Å². The molecule has 8 heteroatoms. The Labute approximate surface area is 205 Å². The summed E-state index contributed by atoms with van der Waals surface area (Å²) in [4.78, 5) is 17.5. The molecule has 0 saturated heterocycles. The number of carbonyl (C=O) groups is 1. The summed E-state index contributed by atoms with van der Waals surface area (Å²) in [6, 6.07) is 2.04. The smallest absolute Gasteiger partial charge is 0.338 e. The van der Waals surface area contributed by atoms with Crippen LogP contribution >= 0.6 is 0 Å². The maximum Gasteiger partial charge on any atom is 0.338 e. The minimum atomic E-state index is -0.660. The Bertz CT molecular complexity index is 1180. The lowest BCUT2D eigenvalue weighted by atomic mass is 9.60. The summed E-state index contributed by atoms with van der Waals surface area (Å²) in [5.41, 5.74) is 2.78. The number of fused-ring (bicyclic) bond motifs is 1. The Balaban J connectivity index is 1.79. The highest BCUT2D eigenvalue weighted by atomic mass is 16.7. The van der Waals surface area contributed by atoms with Gasteiger partial charge in [0.15, 0.2) is 23.0 Å². The number of allylic oxidation sites excluding steroid dienone is 2. The highest BCUT2D eigenvalue weighted by Gasteiger charge is 2.69. The van der Waals surface area contributed by atoms with Crippen LogP contribution in [0.15, 0.2) is 34.4 Å². The first-order valence-corrected chi connectivity index (χ1v) is 12.0. The number of carbonyl (C=O) groups excluding carboxylic acids is 1. The van der Waals surface area contributed by atoms with Gasteiger partial charge in [-0.1, -0.05) is 19.0 Å². The molecule has 2 fully saturated rings. The van der Waals surface area contributed by atoms with Crippen LogP contribution in [-0.2, 0) is 30.9 Å². The maximum absolute atomic E-state index is 12.2. The molecular formula is C27H33NO7. The van der Waals surface area contributed by atoms with Gasteiger partial charge < -0.3 is 28.5 Å². The second-order valence-corrected chi connectivity index (χ2v) is 10.0. The Morgan fingerprint density at radius 2 is 1.71 bits per heavy atom. The normalized spacial score (nSPS) is 29.7. The lowest BCUT2D eigenvalue weighted by Crippen LogP contribution is -2.45. The molecule has 0 amide bonds. The highest BCUT2D eigenvalue weighted by molar-refractivity contribution is 6.10. The minimum absolute atomic E-state index is 0.0537. The molecule has 0 radical (unpaired) electrons. The van der Waals surface area contributed by atoms with Crippen LogP contribution in [0, 0.1) is 17.3 Å². The maximum atomic E-state index is 12.2. The van der Waals surface area contributed by atoms with Crippen molar-refractivity contribution < 1.29 is 33.3 Å². The van der Waals surface area contributed by atoms with E-state index >= 15 is 0 Å². The summed E-state index contributed by atoms with van der Waals surface area (Å²) in [6.07, 6.45) is 5.32. The number of ether oxygens (including phenoxy) is 5. The van der Waals surface area contributed by atoms with E-state index in [-0.39, 0.29) is 17.3 Å². The second kappa shape index (κ2) is 8.21. The Kier molecular flexibility index (Phi) is 5.53. The predicted molar refractivity (Wildman–Crippen MR) is 129 cm³/mol. The van der Waals surface area contributed by atoms with Crippen molar-refractivity contribution in [3.05, 3.63) is 40.4 Å². The van der Waals surface area contributed by atoms with Crippen molar-refractivity contribution in [1.29, 1.82) is 0 Å². The van der Waals surface area contributed by atoms with E-state index < -0.39 is 5.41 Å². The highest BCUT2D eigenvalue weighted by Crippen LogP contribution is 2.73. The van der Waals surface area contributed by atoms with Crippen LogP contribution in [0.2, 0.25) is 0 Å². The number of benzene rings is 1. The average Bonchev–Trinajstić information content (AvgIpc) is 3.64. The first-order chi connectivity index (χ1) is 16.8. The molecule has 1 aromatic rings. The van der Waals surface area contributed by atoms with Gasteiger partial charge in [-0.15, -0.1) is 0 Å². The molecule has 0 aliphatic heterocycles. The van der Waals surface area contributed by atoms with Gasteiger partial charge >= 0.3 is 5.97 Å². The van der Waals surface area contributed by atoms with E-state index in [9.17, 15) is 4.79 Å². The van der Waals surface area contributed by atoms with Crippen molar-refractivity contribution >= 4 is 11.7 Å². The average molecular weight is 484 g/mol. The molecule has 0 aromatic heterocycles. The lowest BCUT2D eigenvalue weighted by molar-refractivity contribution is -0.145. The van der Waals surface area contributed by atoms with Gasteiger partial charge in [0.05, 0.1) is 46.9 Å². The van der Waals surface area contributed by atoms with Crippen LogP contribution in [0.25, 0.3) is 0 Å². The lowest BCUT2D eigenvalue weighted by Gasteiger charge is -2.44. The summed E-state index contributed by atoms with van der Waals surface area (Å²) >= 11 is 0. The minimum Gasteiger partial charge on any atom is -0.496 e. The third-order valence-electron chi connectivity index (χ3n) is 8.44. The number of hydrogen-bond acceptors (Lipinski definition) is 8. The van der Waals surface area contributed by atoms with Crippen LogP contribution in [-0.4, -0.2) is 47.2 Å². The molecule has 4 aliphatic rings. The van der Waals surface area contributed by atoms with E-state index in [2.05, 4.69) is 19.0 Å². The molecule has 35 heavy (non-hydrogen) atoms. The molecule has 5 rings (SSSR count). The molecule has 0 bridgehead atoms. The van der Waals surface area contributed by atoms with E-state index in [4.69, 9.17) is 28.5 Å². The molecular weight excluding hydrogens is 450 g/mol. The first kappa shape index (κ1) is 23.6. The third kappa shape index (κ3) is 2.98. The van der Waals surface area contributed by atoms with Crippen molar-refractivity contribution in [3.8, 4) is 17.2 Å². The quantitative estimate of drug-likeness (QED) is 0.422. The van der Waals surface area contributed by atoms with Gasteiger partial charge in [0.2, 0.25) is 5.75 Å². The molecule has 1 unspecified atom stereocenters. The molecule has 3 atom stereocenters. The number of nitrogens with zero attached hydrogens (tertiary/aromatic N) is 1. The monoisotopic (exact) mass is 483 g/mol. The van der Waals surface area contributed by atoms with Crippen LogP contribution in [0.1, 0.15) is 44.2 Å². The van der Waals surface area contributed by atoms with Crippen molar-refractivity contribution in [2.24, 2.45) is 22.4 Å². The SMILES string of the molecule is COC1=C(OC)C23C(=C/C1=N\OC(=O)C1CC1)C[C@H](C)[C@@]2(C)Cc1cc(OC)c(OC)c(OC)c13. The van der Waals surface area contributed by atoms with Crippen molar-refractivity contribution in [1.82, 2.24) is 0 Å². The summed E-state index contributed by atoms with van der Waals surface area (Å²) in [5, 5.41) is 4.23. The van der Waals surface area contributed by atoms with Crippen molar-refractivity contribution in [2.75, 3.05) is 35.5 Å². The molecule has 0 heterocycles. The predicted octanol–water partition coefficient (Wildman–Crippen LogP) is 4.31. The molecule has 2 saturated carbocycles. The summed E-state index contributed by atoms with van der Waals surface area (Å²) in [5.74, 6) is 2.82. The zero-order valence-electron chi connectivity index (χ0n) is 21.4. The van der Waals surface area contributed by atoms with Crippen LogP contribution < -0.4 is 14.2 Å². The van der Waals surface area contributed by atoms with E-state index in [1.165, 1.54) is 0 Å². The molecule has 4 aliphatic carbocycles. The Hall–Kier alpha value is -3.16. The van der Waals surface area contributed by atoms with Gasteiger partial charge in [0.25, 0.3) is 0 Å². The van der Waals surface area contributed by atoms with E-state index in [1.54, 1.807) is 35.5 Å². The molecule has 8 nitrogen and oxygen atoms in total. The molecule has 188 valence electrons. The van der Waals surface area contributed by atoms with Gasteiger partial charge in [-0.25, -0.2) is 4.79 Å². The van der Waals surface area contributed by atoms with E-state index in [0.29, 0.717) is 40.4 Å².